The summed E-state index contributed by atoms with van der Waals surface area (Å²) in [6.07, 6.45) is 0.269. The van der Waals surface area contributed by atoms with E-state index in [0.717, 1.165) is 19.6 Å². The minimum Gasteiger partial charge on any atom is -0.340 e. The minimum absolute atomic E-state index is 0.0590. The zero-order valence-corrected chi connectivity index (χ0v) is 17.9. The number of hydrogen-bond donors (Lipinski definition) is 1. The summed E-state index contributed by atoms with van der Waals surface area (Å²) in [7, 11) is -3.54. The second-order valence-corrected chi connectivity index (χ2v) is 9.38. The van der Waals surface area contributed by atoms with Crippen LogP contribution in [0.4, 0.5) is 0 Å². The van der Waals surface area contributed by atoms with Crippen LogP contribution in [0, 0.1) is 6.92 Å². The molecule has 2 heterocycles. The van der Waals surface area contributed by atoms with E-state index in [0.29, 0.717) is 24.5 Å². The third-order valence-corrected chi connectivity index (χ3v) is 6.87. The van der Waals surface area contributed by atoms with Crippen molar-refractivity contribution in [1.82, 2.24) is 14.5 Å². The van der Waals surface area contributed by atoms with Gasteiger partial charge < -0.3 is 4.90 Å². The molecule has 0 saturated carbocycles. The van der Waals surface area contributed by atoms with Crippen LogP contribution in [0.15, 0.2) is 58.4 Å². The molecule has 2 aromatic rings. The van der Waals surface area contributed by atoms with Crippen LogP contribution in [0.25, 0.3) is 0 Å². The molecular formula is C22H26N4O3S. The summed E-state index contributed by atoms with van der Waals surface area (Å²) in [4.78, 5) is 21.4. The van der Waals surface area contributed by atoms with Crippen LogP contribution in [0.1, 0.15) is 23.1 Å². The van der Waals surface area contributed by atoms with Crippen molar-refractivity contribution < 1.29 is 13.2 Å². The molecule has 0 spiro atoms. The molecule has 158 valence electrons. The van der Waals surface area contributed by atoms with Gasteiger partial charge in [0, 0.05) is 44.7 Å². The highest BCUT2D eigenvalue weighted by molar-refractivity contribution is 7.90. The van der Waals surface area contributed by atoms with E-state index in [1.807, 2.05) is 4.90 Å². The first kappa shape index (κ1) is 20.6. The highest BCUT2D eigenvalue weighted by Gasteiger charge is 2.30. The number of amides is 1. The Labute approximate surface area is 177 Å². The smallest absolute Gasteiger partial charge is 0.263 e. The van der Waals surface area contributed by atoms with Crippen LogP contribution in [0.3, 0.4) is 0 Å². The summed E-state index contributed by atoms with van der Waals surface area (Å²) in [5, 5.41) is 0. The lowest BCUT2D eigenvalue weighted by Crippen LogP contribution is -2.48. The minimum atomic E-state index is -3.54. The molecule has 2 aliphatic heterocycles. The van der Waals surface area contributed by atoms with Gasteiger partial charge in [0.25, 0.3) is 10.0 Å². The summed E-state index contributed by atoms with van der Waals surface area (Å²) in [6.45, 7) is 6.36. The van der Waals surface area contributed by atoms with Crippen molar-refractivity contribution in [2.24, 2.45) is 4.99 Å². The maximum absolute atomic E-state index is 12.6. The Bertz CT molecular complexity index is 1070. The zero-order chi connectivity index (χ0) is 21.1. The average Bonchev–Trinajstić information content (AvgIpc) is 2.99. The van der Waals surface area contributed by atoms with Gasteiger partial charge in [-0.3, -0.25) is 19.4 Å². The van der Waals surface area contributed by atoms with Crippen molar-refractivity contribution in [1.29, 1.82) is 0 Å². The molecule has 8 heteroatoms. The van der Waals surface area contributed by atoms with Gasteiger partial charge in [-0.2, -0.15) is 0 Å². The first-order valence-corrected chi connectivity index (χ1v) is 11.6. The molecule has 4 rings (SSSR count). The van der Waals surface area contributed by atoms with E-state index >= 15 is 0 Å². The van der Waals surface area contributed by atoms with Gasteiger partial charge in [0.1, 0.15) is 5.84 Å². The van der Waals surface area contributed by atoms with Crippen LogP contribution in [-0.4, -0.2) is 62.7 Å². The fraction of sp³-hybridized carbons (Fsp3) is 0.364. The molecule has 1 fully saturated rings. The molecule has 7 nitrogen and oxygen atoms in total. The van der Waals surface area contributed by atoms with E-state index in [9.17, 15) is 13.2 Å². The van der Waals surface area contributed by atoms with Crippen molar-refractivity contribution in [3.63, 3.8) is 0 Å². The summed E-state index contributed by atoms with van der Waals surface area (Å²) in [5.41, 5.74) is 3.12. The van der Waals surface area contributed by atoms with Crippen molar-refractivity contribution in [3.8, 4) is 0 Å². The van der Waals surface area contributed by atoms with Crippen molar-refractivity contribution in [3.05, 3.63) is 65.2 Å². The molecule has 0 atom stereocenters. The number of rotatable bonds is 5. The van der Waals surface area contributed by atoms with Crippen LogP contribution in [-0.2, 0) is 21.4 Å². The SMILES string of the molecule is Cc1cccc(CN2CCN(C(=O)CCN=C3NS(=O)(=O)c4ccccc43)CC2)c1. The maximum atomic E-state index is 12.6. The summed E-state index contributed by atoms with van der Waals surface area (Å²) in [5.74, 6) is 0.380. The molecule has 0 bridgehead atoms. The third-order valence-electron chi connectivity index (χ3n) is 5.47. The number of aliphatic imine (C=N–C) groups is 1. The van der Waals surface area contributed by atoms with Crippen molar-refractivity contribution in [2.45, 2.75) is 24.8 Å². The lowest BCUT2D eigenvalue weighted by Gasteiger charge is -2.34. The van der Waals surface area contributed by atoms with Gasteiger partial charge in [0.2, 0.25) is 5.91 Å². The van der Waals surface area contributed by atoms with E-state index in [1.165, 1.54) is 11.1 Å². The largest absolute Gasteiger partial charge is 0.340 e. The number of piperazine rings is 1. The van der Waals surface area contributed by atoms with Crippen molar-refractivity contribution in [2.75, 3.05) is 32.7 Å². The van der Waals surface area contributed by atoms with Crippen LogP contribution < -0.4 is 4.72 Å². The Hall–Kier alpha value is -2.71. The Balaban J connectivity index is 1.27. The van der Waals surface area contributed by atoms with Gasteiger partial charge in [-0.25, -0.2) is 8.42 Å². The quantitative estimate of drug-likeness (QED) is 0.790. The number of nitrogens with one attached hydrogen (secondary N) is 1. The first-order valence-electron chi connectivity index (χ1n) is 10.1. The summed E-state index contributed by atoms with van der Waals surface area (Å²) in [6, 6.07) is 15.3. The number of hydrogen-bond acceptors (Lipinski definition) is 5. The molecule has 1 N–H and O–H groups in total. The topological polar surface area (TPSA) is 82.1 Å². The van der Waals surface area contributed by atoms with E-state index in [1.54, 1.807) is 24.3 Å². The number of carbonyl (C=O) groups is 1. The third kappa shape index (κ3) is 4.55. The van der Waals surface area contributed by atoms with Crippen LogP contribution in [0.5, 0.6) is 0 Å². The number of nitrogens with zero attached hydrogens (tertiary/aromatic N) is 3. The standard InChI is InChI=1S/C22H26N4O3S/c1-17-5-4-6-18(15-17)16-25-11-13-26(14-12-25)21(27)9-10-23-22-19-7-2-3-8-20(19)30(28,29)24-22/h2-8,15H,9-14,16H2,1H3,(H,23,24). The molecule has 2 aliphatic rings. The molecule has 0 unspecified atom stereocenters. The van der Waals surface area contributed by atoms with E-state index < -0.39 is 10.0 Å². The van der Waals surface area contributed by atoms with Gasteiger partial charge in [-0.1, -0.05) is 42.0 Å². The second kappa shape index (κ2) is 8.57. The fourth-order valence-corrected chi connectivity index (χ4v) is 5.15. The van der Waals surface area contributed by atoms with Gasteiger partial charge in [-0.05, 0) is 24.6 Å². The highest BCUT2D eigenvalue weighted by atomic mass is 32.2. The first-order chi connectivity index (χ1) is 14.4. The van der Waals surface area contributed by atoms with Gasteiger partial charge in [-0.15, -0.1) is 0 Å². The van der Waals surface area contributed by atoms with Crippen LogP contribution in [0.2, 0.25) is 0 Å². The summed E-state index contributed by atoms with van der Waals surface area (Å²) >= 11 is 0. The van der Waals surface area contributed by atoms with Gasteiger partial charge in [0.05, 0.1) is 11.4 Å². The van der Waals surface area contributed by atoms with E-state index in [4.69, 9.17) is 0 Å². The molecule has 0 aromatic heterocycles. The Kier molecular flexibility index (Phi) is 5.87. The van der Waals surface area contributed by atoms with E-state index in [2.05, 4.69) is 45.8 Å². The normalized spacial score (nSPS) is 19.5. The highest BCUT2D eigenvalue weighted by Crippen LogP contribution is 2.22. The molecular weight excluding hydrogens is 400 g/mol. The van der Waals surface area contributed by atoms with Crippen LogP contribution >= 0.6 is 0 Å². The van der Waals surface area contributed by atoms with E-state index in [-0.39, 0.29) is 23.8 Å². The molecule has 1 amide bonds. The maximum Gasteiger partial charge on any atom is 0.263 e. The Morgan fingerprint density at radius 3 is 2.60 bits per heavy atom. The zero-order valence-electron chi connectivity index (χ0n) is 17.0. The number of amidine groups is 1. The molecule has 0 radical (unpaired) electrons. The molecule has 30 heavy (non-hydrogen) atoms. The lowest BCUT2D eigenvalue weighted by molar-refractivity contribution is -0.132. The number of benzene rings is 2. The Morgan fingerprint density at radius 1 is 1.07 bits per heavy atom. The summed E-state index contributed by atoms with van der Waals surface area (Å²) < 4.78 is 26.7. The molecule has 2 aromatic carbocycles. The number of carbonyl (C=O) groups excluding carboxylic acids is 1. The predicted octanol–water partition coefficient (Wildman–Crippen LogP) is 1.77. The predicted molar refractivity (Wildman–Crippen MR) is 116 cm³/mol. The second-order valence-electron chi connectivity index (χ2n) is 7.73. The molecule has 0 aliphatic carbocycles. The average molecular weight is 427 g/mol. The monoisotopic (exact) mass is 426 g/mol. The number of fused-ring (bicyclic) bond motifs is 1. The van der Waals surface area contributed by atoms with Gasteiger partial charge >= 0.3 is 0 Å². The van der Waals surface area contributed by atoms with Crippen molar-refractivity contribution >= 4 is 21.8 Å². The molecule has 1 saturated heterocycles. The van der Waals surface area contributed by atoms with Gasteiger partial charge in [0.15, 0.2) is 0 Å². The number of sulfonamides is 1. The fourth-order valence-electron chi connectivity index (χ4n) is 3.90. The lowest BCUT2D eigenvalue weighted by atomic mass is 10.1. The Morgan fingerprint density at radius 2 is 1.83 bits per heavy atom. The number of aryl methyl sites for hydroxylation is 1.